The van der Waals surface area contributed by atoms with Crippen LogP contribution in [0, 0.1) is 16.0 Å². The molecule has 0 amide bonds. The molecule has 0 aliphatic heterocycles. The van der Waals surface area contributed by atoms with Crippen LogP contribution in [-0.4, -0.2) is 18.5 Å². The lowest BCUT2D eigenvalue weighted by atomic mass is 9.89. The van der Waals surface area contributed by atoms with Gasteiger partial charge in [-0.3, -0.25) is 10.1 Å². The summed E-state index contributed by atoms with van der Waals surface area (Å²) in [5.41, 5.74) is 1.87. The van der Waals surface area contributed by atoms with Crippen LogP contribution in [0.1, 0.15) is 37.7 Å². The number of nitro benzene ring substituents is 1. The third-order valence-corrected chi connectivity index (χ3v) is 4.71. The highest BCUT2D eigenvalue weighted by atomic mass is 79.9. The first-order chi connectivity index (χ1) is 9.61. The van der Waals surface area contributed by atoms with Gasteiger partial charge in [0, 0.05) is 25.0 Å². The molecule has 110 valence electrons. The molecule has 0 spiro atoms. The molecule has 1 fully saturated rings. The Kier molecular flexibility index (Phi) is 5.40. The van der Waals surface area contributed by atoms with Crippen LogP contribution in [0.25, 0.3) is 0 Å². The van der Waals surface area contributed by atoms with E-state index < -0.39 is 0 Å². The maximum absolute atomic E-state index is 11.3. The molecule has 0 bridgehead atoms. The van der Waals surface area contributed by atoms with Crippen molar-refractivity contribution in [1.82, 2.24) is 0 Å². The van der Waals surface area contributed by atoms with Gasteiger partial charge in [0.05, 0.1) is 4.92 Å². The van der Waals surface area contributed by atoms with E-state index in [1.165, 1.54) is 32.1 Å². The molecule has 5 heteroatoms. The van der Waals surface area contributed by atoms with Crippen molar-refractivity contribution in [3.05, 3.63) is 33.9 Å². The van der Waals surface area contributed by atoms with Crippen molar-refractivity contribution in [3.8, 4) is 0 Å². The quantitative estimate of drug-likeness (QED) is 0.450. The van der Waals surface area contributed by atoms with Crippen LogP contribution in [0.4, 0.5) is 11.4 Å². The molecule has 0 heterocycles. The van der Waals surface area contributed by atoms with Crippen molar-refractivity contribution < 1.29 is 4.92 Å². The molecule has 4 nitrogen and oxygen atoms in total. The van der Waals surface area contributed by atoms with Gasteiger partial charge in [-0.05, 0) is 30.4 Å². The zero-order chi connectivity index (χ0) is 14.5. The van der Waals surface area contributed by atoms with E-state index in [-0.39, 0.29) is 10.6 Å². The number of nitro groups is 1. The topological polar surface area (TPSA) is 46.4 Å². The third-order valence-electron chi connectivity index (χ3n) is 4.06. The summed E-state index contributed by atoms with van der Waals surface area (Å²) >= 11 is 3.35. The Morgan fingerprint density at radius 3 is 2.65 bits per heavy atom. The minimum absolute atomic E-state index is 0.209. The van der Waals surface area contributed by atoms with E-state index in [4.69, 9.17) is 0 Å². The van der Waals surface area contributed by atoms with Gasteiger partial charge in [-0.2, -0.15) is 0 Å². The second-order valence-corrected chi connectivity index (χ2v) is 6.16. The maximum atomic E-state index is 11.3. The Balaban J connectivity index is 2.15. The van der Waals surface area contributed by atoms with Gasteiger partial charge in [-0.25, -0.2) is 0 Å². The molecular weight excluding hydrogens is 320 g/mol. The van der Waals surface area contributed by atoms with E-state index in [1.54, 1.807) is 6.07 Å². The van der Waals surface area contributed by atoms with Gasteiger partial charge in [-0.15, -0.1) is 0 Å². The molecule has 1 saturated carbocycles. The summed E-state index contributed by atoms with van der Waals surface area (Å²) < 4.78 is 0. The normalized spacial score (nSPS) is 16.1. The van der Waals surface area contributed by atoms with E-state index in [2.05, 4.69) is 15.9 Å². The van der Waals surface area contributed by atoms with Gasteiger partial charge in [0.15, 0.2) is 0 Å². The number of halogens is 1. The van der Waals surface area contributed by atoms with Gasteiger partial charge in [0.1, 0.15) is 5.69 Å². The van der Waals surface area contributed by atoms with Crippen molar-refractivity contribution in [2.24, 2.45) is 5.92 Å². The maximum Gasteiger partial charge on any atom is 0.292 e. The number of nitrogens with zero attached hydrogens (tertiary/aromatic N) is 2. The Bertz CT molecular complexity index is 473. The smallest absolute Gasteiger partial charge is 0.292 e. The summed E-state index contributed by atoms with van der Waals surface area (Å²) in [6, 6.07) is 5.49. The molecule has 0 N–H and O–H groups in total. The van der Waals surface area contributed by atoms with Crippen molar-refractivity contribution in [3.63, 3.8) is 0 Å². The number of hydrogen-bond acceptors (Lipinski definition) is 3. The van der Waals surface area contributed by atoms with E-state index in [9.17, 15) is 10.1 Å². The van der Waals surface area contributed by atoms with Crippen LogP contribution in [0.5, 0.6) is 0 Å². The zero-order valence-electron chi connectivity index (χ0n) is 11.8. The second kappa shape index (κ2) is 7.07. The second-order valence-electron chi connectivity index (χ2n) is 5.60. The van der Waals surface area contributed by atoms with Gasteiger partial charge in [0.25, 0.3) is 5.69 Å². The van der Waals surface area contributed by atoms with Gasteiger partial charge >= 0.3 is 0 Å². The van der Waals surface area contributed by atoms with Crippen LogP contribution >= 0.6 is 15.9 Å². The molecule has 2 rings (SSSR count). The van der Waals surface area contributed by atoms with Crippen LogP contribution < -0.4 is 4.90 Å². The molecular formula is C15H21BrN2O2. The Hall–Kier alpha value is -1.10. The summed E-state index contributed by atoms with van der Waals surface area (Å²) in [7, 11) is 1.96. The third kappa shape index (κ3) is 3.72. The highest BCUT2D eigenvalue weighted by Gasteiger charge is 2.21. The lowest BCUT2D eigenvalue weighted by molar-refractivity contribution is -0.384. The highest BCUT2D eigenvalue weighted by Crippen LogP contribution is 2.32. The first kappa shape index (κ1) is 15.3. The van der Waals surface area contributed by atoms with Crippen molar-refractivity contribution in [1.29, 1.82) is 0 Å². The first-order valence-corrected chi connectivity index (χ1v) is 8.28. The monoisotopic (exact) mass is 340 g/mol. The van der Waals surface area contributed by atoms with Gasteiger partial charge < -0.3 is 4.90 Å². The fraction of sp³-hybridized carbons (Fsp3) is 0.600. The van der Waals surface area contributed by atoms with Crippen molar-refractivity contribution in [2.75, 3.05) is 18.5 Å². The average molecular weight is 341 g/mol. The Morgan fingerprint density at radius 2 is 2.05 bits per heavy atom. The standard InChI is InChI=1S/C15H21BrN2O2/c1-17(11-12-5-3-2-4-6-12)14-8-7-13(10-16)9-15(14)18(19)20/h7-9,12H,2-6,10-11H2,1H3. The molecule has 0 atom stereocenters. The summed E-state index contributed by atoms with van der Waals surface area (Å²) in [5, 5.41) is 11.9. The molecule has 0 saturated heterocycles. The number of hydrogen-bond donors (Lipinski definition) is 0. The van der Waals surface area contributed by atoms with Crippen LogP contribution in [0.3, 0.4) is 0 Å². The Morgan fingerprint density at radius 1 is 1.35 bits per heavy atom. The molecule has 0 unspecified atom stereocenters. The van der Waals surface area contributed by atoms with Crippen LogP contribution in [0.15, 0.2) is 18.2 Å². The summed E-state index contributed by atoms with van der Waals surface area (Å²) in [6.45, 7) is 0.911. The van der Waals surface area contributed by atoms with E-state index in [0.717, 1.165) is 17.8 Å². The predicted octanol–water partition coefficient (Wildman–Crippen LogP) is 4.51. The number of rotatable bonds is 5. The molecule has 1 aliphatic carbocycles. The number of benzene rings is 1. The SMILES string of the molecule is CN(CC1CCCCC1)c1ccc(CBr)cc1[N+](=O)[O-]. The molecule has 20 heavy (non-hydrogen) atoms. The summed E-state index contributed by atoms with van der Waals surface area (Å²) in [5.74, 6) is 0.671. The van der Waals surface area contributed by atoms with Crippen LogP contribution in [0.2, 0.25) is 0 Å². The molecule has 1 aromatic carbocycles. The average Bonchev–Trinajstić information content (AvgIpc) is 2.47. The van der Waals surface area contributed by atoms with E-state index in [0.29, 0.717) is 11.2 Å². The number of alkyl halides is 1. The number of anilines is 1. The predicted molar refractivity (Wildman–Crippen MR) is 85.6 cm³/mol. The van der Waals surface area contributed by atoms with Crippen LogP contribution in [-0.2, 0) is 5.33 Å². The fourth-order valence-corrected chi connectivity index (χ4v) is 3.33. The molecule has 0 radical (unpaired) electrons. The molecule has 1 aliphatic rings. The van der Waals surface area contributed by atoms with E-state index in [1.807, 2.05) is 24.1 Å². The van der Waals surface area contributed by atoms with Gasteiger partial charge in [0.2, 0.25) is 0 Å². The van der Waals surface area contributed by atoms with Crippen molar-refractivity contribution >= 4 is 27.3 Å². The largest absolute Gasteiger partial charge is 0.369 e. The lowest BCUT2D eigenvalue weighted by Gasteiger charge is -2.28. The highest BCUT2D eigenvalue weighted by molar-refractivity contribution is 9.08. The molecule has 1 aromatic rings. The lowest BCUT2D eigenvalue weighted by Crippen LogP contribution is -2.27. The summed E-state index contributed by atoms with van der Waals surface area (Å²) in [6.07, 6.45) is 6.42. The summed E-state index contributed by atoms with van der Waals surface area (Å²) in [4.78, 5) is 13.0. The Labute approximate surface area is 128 Å². The minimum Gasteiger partial charge on any atom is -0.369 e. The first-order valence-electron chi connectivity index (χ1n) is 7.16. The van der Waals surface area contributed by atoms with E-state index >= 15 is 0 Å². The zero-order valence-corrected chi connectivity index (χ0v) is 13.4. The van der Waals surface area contributed by atoms with Crippen molar-refractivity contribution in [2.45, 2.75) is 37.4 Å². The molecule has 0 aromatic heterocycles. The fourth-order valence-electron chi connectivity index (χ4n) is 2.98. The van der Waals surface area contributed by atoms with Gasteiger partial charge in [-0.1, -0.05) is 41.3 Å². The minimum atomic E-state index is -0.279.